The molecule has 1 fully saturated rings. The van der Waals surface area contributed by atoms with E-state index in [1.807, 2.05) is 6.07 Å². The third kappa shape index (κ3) is 5.61. The van der Waals surface area contributed by atoms with E-state index in [9.17, 15) is 0 Å². The quantitative estimate of drug-likeness (QED) is 0.333. The standard InChI is InChI=1S/C27H37N3O2S/c1-5-20-12-14-23-26(18-20)33-27(28-23)30(22-13-15-24(31-3)25(19-22)32-4)17-9-16-29(2)21-10-7-6-8-11-21/h12-15,18-19,21H,5-11,16-17H2,1-4H3. The van der Waals surface area contributed by atoms with Crippen LogP contribution < -0.4 is 14.4 Å². The highest BCUT2D eigenvalue weighted by molar-refractivity contribution is 7.22. The molecule has 0 amide bonds. The first-order valence-electron chi connectivity index (χ1n) is 12.2. The van der Waals surface area contributed by atoms with Gasteiger partial charge in [-0.2, -0.15) is 0 Å². The first-order chi connectivity index (χ1) is 16.1. The predicted molar refractivity (Wildman–Crippen MR) is 140 cm³/mol. The van der Waals surface area contributed by atoms with Crippen molar-refractivity contribution in [2.24, 2.45) is 0 Å². The Bertz CT molecular complexity index is 1050. The van der Waals surface area contributed by atoms with Crippen molar-refractivity contribution in [3.05, 3.63) is 42.0 Å². The summed E-state index contributed by atoms with van der Waals surface area (Å²) in [6, 6.07) is 13.5. The van der Waals surface area contributed by atoms with Gasteiger partial charge in [0.05, 0.1) is 24.4 Å². The maximum Gasteiger partial charge on any atom is 0.190 e. The highest BCUT2D eigenvalue weighted by Gasteiger charge is 2.20. The third-order valence-corrected chi connectivity index (χ3v) is 7.89. The Morgan fingerprint density at radius 1 is 0.970 bits per heavy atom. The van der Waals surface area contributed by atoms with Crippen molar-refractivity contribution in [2.45, 2.75) is 57.9 Å². The van der Waals surface area contributed by atoms with E-state index < -0.39 is 0 Å². The van der Waals surface area contributed by atoms with Crippen molar-refractivity contribution >= 4 is 32.4 Å². The van der Waals surface area contributed by atoms with Gasteiger partial charge < -0.3 is 19.3 Å². The lowest BCUT2D eigenvalue weighted by Gasteiger charge is -2.32. The van der Waals surface area contributed by atoms with Gasteiger partial charge in [0, 0.05) is 24.3 Å². The van der Waals surface area contributed by atoms with Crippen molar-refractivity contribution < 1.29 is 9.47 Å². The predicted octanol–water partition coefficient (Wildman–Crippen LogP) is 6.67. The fraction of sp³-hybridized carbons (Fsp3) is 0.519. The summed E-state index contributed by atoms with van der Waals surface area (Å²) in [5.41, 5.74) is 3.50. The van der Waals surface area contributed by atoms with Gasteiger partial charge in [-0.05, 0) is 69.1 Å². The molecule has 5 nitrogen and oxygen atoms in total. The molecule has 0 bridgehead atoms. The molecule has 0 unspecified atom stereocenters. The number of aromatic nitrogens is 1. The lowest BCUT2D eigenvalue weighted by atomic mass is 9.94. The number of benzene rings is 2. The zero-order valence-corrected chi connectivity index (χ0v) is 21.3. The average Bonchev–Trinajstić information content (AvgIpc) is 3.29. The van der Waals surface area contributed by atoms with Crippen LogP contribution in [-0.2, 0) is 6.42 Å². The molecular formula is C27H37N3O2S. The summed E-state index contributed by atoms with van der Waals surface area (Å²) in [5.74, 6) is 1.49. The van der Waals surface area contributed by atoms with Crippen LogP contribution in [-0.4, -0.2) is 50.3 Å². The second-order valence-corrected chi connectivity index (χ2v) is 9.98. The number of hydrogen-bond donors (Lipinski definition) is 0. The molecular weight excluding hydrogens is 430 g/mol. The second-order valence-electron chi connectivity index (χ2n) is 8.97. The van der Waals surface area contributed by atoms with Crippen LogP contribution in [0, 0.1) is 0 Å². The lowest BCUT2D eigenvalue weighted by Crippen LogP contribution is -2.35. The fourth-order valence-electron chi connectivity index (χ4n) is 4.80. The van der Waals surface area contributed by atoms with Gasteiger partial charge in [0.2, 0.25) is 0 Å². The Morgan fingerprint density at radius 3 is 2.48 bits per heavy atom. The van der Waals surface area contributed by atoms with Crippen LogP contribution in [0.2, 0.25) is 0 Å². The molecule has 1 aliphatic rings. The van der Waals surface area contributed by atoms with E-state index in [4.69, 9.17) is 14.5 Å². The summed E-state index contributed by atoms with van der Waals surface area (Å²) >= 11 is 1.77. The van der Waals surface area contributed by atoms with Crippen molar-refractivity contribution in [2.75, 3.05) is 39.3 Å². The van der Waals surface area contributed by atoms with E-state index in [1.54, 1.807) is 25.6 Å². The Labute approximate surface area is 202 Å². The molecule has 0 atom stereocenters. The summed E-state index contributed by atoms with van der Waals surface area (Å²) < 4.78 is 12.3. The maximum absolute atomic E-state index is 5.60. The topological polar surface area (TPSA) is 37.8 Å². The van der Waals surface area contributed by atoms with Crippen LogP contribution in [0.25, 0.3) is 10.2 Å². The van der Waals surface area contributed by atoms with E-state index in [1.165, 1.54) is 42.4 Å². The summed E-state index contributed by atoms with van der Waals surface area (Å²) in [6.45, 7) is 4.20. The van der Waals surface area contributed by atoms with Gasteiger partial charge in [-0.1, -0.05) is 43.6 Å². The molecule has 0 spiro atoms. The Kier molecular flexibility index (Phi) is 8.10. The largest absolute Gasteiger partial charge is 0.493 e. The van der Waals surface area contributed by atoms with Crippen LogP contribution in [0.15, 0.2) is 36.4 Å². The van der Waals surface area contributed by atoms with Crippen LogP contribution in [0.1, 0.15) is 51.0 Å². The monoisotopic (exact) mass is 467 g/mol. The van der Waals surface area contributed by atoms with Crippen LogP contribution in [0.4, 0.5) is 10.8 Å². The molecule has 2 aromatic carbocycles. The number of rotatable bonds is 10. The Balaban J connectivity index is 1.58. The van der Waals surface area contributed by atoms with Crippen molar-refractivity contribution in [1.82, 2.24) is 9.88 Å². The number of aryl methyl sites for hydroxylation is 1. The minimum atomic E-state index is 0.739. The molecule has 1 aromatic heterocycles. The second kappa shape index (κ2) is 11.2. The molecule has 1 saturated carbocycles. The molecule has 1 heterocycles. The number of fused-ring (bicyclic) bond motifs is 1. The van der Waals surface area contributed by atoms with Crippen molar-refractivity contribution in [3.63, 3.8) is 0 Å². The number of thiazole rings is 1. The summed E-state index contributed by atoms with van der Waals surface area (Å²) in [4.78, 5) is 9.92. The van der Waals surface area contributed by atoms with E-state index in [0.29, 0.717) is 0 Å². The lowest BCUT2D eigenvalue weighted by molar-refractivity contribution is 0.191. The first-order valence-corrected chi connectivity index (χ1v) is 13.0. The molecule has 0 N–H and O–H groups in total. The molecule has 0 aliphatic heterocycles. The Morgan fingerprint density at radius 2 is 1.76 bits per heavy atom. The Hall–Kier alpha value is -2.31. The van der Waals surface area contributed by atoms with Crippen molar-refractivity contribution in [3.8, 4) is 11.5 Å². The number of methoxy groups -OCH3 is 2. The zero-order chi connectivity index (χ0) is 23.2. The summed E-state index contributed by atoms with van der Waals surface area (Å²) in [7, 11) is 5.66. The van der Waals surface area contributed by atoms with E-state index in [0.717, 1.165) is 59.8 Å². The number of ether oxygens (including phenoxy) is 2. The average molecular weight is 468 g/mol. The number of hydrogen-bond acceptors (Lipinski definition) is 6. The fourth-order valence-corrected chi connectivity index (χ4v) is 5.88. The van der Waals surface area contributed by atoms with Crippen LogP contribution in [0.3, 0.4) is 0 Å². The normalized spacial score (nSPS) is 14.7. The zero-order valence-electron chi connectivity index (χ0n) is 20.5. The van der Waals surface area contributed by atoms with Gasteiger partial charge in [-0.15, -0.1) is 0 Å². The molecule has 3 aromatic rings. The van der Waals surface area contributed by atoms with Gasteiger partial charge in [0.25, 0.3) is 0 Å². The minimum Gasteiger partial charge on any atom is -0.493 e. The molecule has 4 rings (SSSR count). The summed E-state index contributed by atoms with van der Waals surface area (Å²) in [6.07, 6.45) is 8.94. The number of anilines is 2. The van der Waals surface area contributed by atoms with E-state index in [-0.39, 0.29) is 0 Å². The van der Waals surface area contributed by atoms with Gasteiger partial charge in [-0.3, -0.25) is 0 Å². The van der Waals surface area contributed by atoms with Crippen molar-refractivity contribution in [1.29, 1.82) is 0 Å². The van der Waals surface area contributed by atoms with Crippen LogP contribution in [0.5, 0.6) is 11.5 Å². The van der Waals surface area contributed by atoms with Gasteiger partial charge in [0.15, 0.2) is 16.6 Å². The maximum atomic E-state index is 5.60. The van der Waals surface area contributed by atoms with Gasteiger partial charge >= 0.3 is 0 Å². The smallest absolute Gasteiger partial charge is 0.190 e. The molecule has 33 heavy (non-hydrogen) atoms. The number of nitrogens with zero attached hydrogens (tertiary/aromatic N) is 3. The molecule has 1 aliphatic carbocycles. The van der Waals surface area contributed by atoms with E-state index in [2.05, 4.69) is 54.1 Å². The van der Waals surface area contributed by atoms with Gasteiger partial charge in [-0.25, -0.2) is 4.98 Å². The minimum absolute atomic E-state index is 0.739. The molecule has 0 radical (unpaired) electrons. The molecule has 6 heteroatoms. The molecule has 0 saturated heterocycles. The highest BCUT2D eigenvalue weighted by atomic mass is 32.1. The van der Waals surface area contributed by atoms with Crippen LogP contribution >= 0.6 is 11.3 Å². The summed E-state index contributed by atoms with van der Waals surface area (Å²) in [5, 5.41) is 1.03. The third-order valence-electron chi connectivity index (χ3n) is 6.85. The van der Waals surface area contributed by atoms with Gasteiger partial charge in [0.1, 0.15) is 0 Å². The van der Waals surface area contributed by atoms with E-state index >= 15 is 0 Å². The molecule has 178 valence electrons. The highest BCUT2D eigenvalue weighted by Crippen LogP contribution is 2.38. The SMILES string of the molecule is CCc1ccc2nc(N(CCCN(C)C3CCCCC3)c3ccc(OC)c(OC)c3)sc2c1. The first kappa shape index (κ1) is 23.8.